The third kappa shape index (κ3) is 5.08. The number of aromatic nitrogens is 1. The van der Waals surface area contributed by atoms with Gasteiger partial charge in [0.25, 0.3) is 0 Å². The quantitative estimate of drug-likeness (QED) is 0.545. The normalized spacial score (nSPS) is 13.3. The van der Waals surface area contributed by atoms with E-state index in [-0.39, 0.29) is 18.1 Å². The molecule has 0 aliphatic rings. The van der Waals surface area contributed by atoms with Gasteiger partial charge in [0.15, 0.2) is 0 Å². The van der Waals surface area contributed by atoms with Crippen molar-refractivity contribution in [1.82, 2.24) is 10.3 Å². The molecule has 9 heteroatoms. The van der Waals surface area contributed by atoms with Gasteiger partial charge in [0.05, 0.1) is 22.7 Å². The molecule has 0 spiro atoms. The SMILES string of the molecule is CC(=O)NC(Cc1ccc2ccccc2n1)c1cc(C(F)(F)F)cc(C(F)(F)F)c1. The molecule has 0 fully saturated rings. The number of hydrogen-bond acceptors (Lipinski definition) is 2. The Morgan fingerprint density at radius 1 is 0.933 bits per heavy atom. The van der Waals surface area contributed by atoms with Crippen LogP contribution in [0.5, 0.6) is 0 Å². The van der Waals surface area contributed by atoms with E-state index in [2.05, 4.69) is 10.3 Å². The summed E-state index contributed by atoms with van der Waals surface area (Å²) in [4.78, 5) is 16.0. The first-order valence-electron chi connectivity index (χ1n) is 8.84. The van der Waals surface area contributed by atoms with Gasteiger partial charge in [-0.3, -0.25) is 9.78 Å². The fourth-order valence-corrected chi connectivity index (χ4v) is 3.11. The van der Waals surface area contributed by atoms with Gasteiger partial charge in [0, 0.05) is 24.4 Å². The minimum absolute atomic E-state index is 0.0581. The highest BCUT2D eigenvalue weighted by atomic mass is 19.4. The van der Waals surface area contributed by atoms with E-state index in [9.17, 15) is 31.1 Å². The van der Waals surface area contributed by atoms with Crippen LogP contribution in [-0.2, 0) is 23.6 Å². The zero-order valence-corrected chi connectivity index (χ0v) is 15.6. The Bertz CT molecular complexity index is 1040. The highest BCUT2D eigenvalue weighted by Gasteiger charge is 2.37. The van der Waals surface area contributed by atoms with Crippen molar-refractivity contribution < 1.29 is 31.1 Å². The molecule has 1 heterocycles. The summed E-state index contributed by atoms with van der Waals surface area (Å²) in [6.07, 6.45) is -10.0. The molecule has 3 rings (SSSR count). The van der Waals surface area contributed by atoms with Crippen LogP contribution in [0.25, 0.3) is 10.9 Å². The Morgan fingerprint density at radius 2 is 1.53 bits per heavy atom. The second-order valence-corrected chi connectivity index (χ2v) is 6.79. The molecule has 3 nitrogen and oxygen atoms in total. The summed E-state index contributed by atoms with van der Waals surface area (Å²) in [5.41, 5.74) is -2.14. The fraction of sp³-hybridized carbons (Fsp3) is 0.238. The Hall–Kier alpha value is -3.10. The number of nitrogens with one attached hydrogen (secondary N) is 1. The van der Waals surface area contributed by atoms with Crippen molar-refractivity contribution >= 4 is 16.8 Å². The van der Waals surface area contributed by atoms with E-state index in [4.69, 9.17) is 0 Å². The molecule has 0 aliphatic heterocycles. The average molecular weight is 426 g/mol. The first-order valence-corrected chi connectivity index (χ1v) is 8.84. The third-order valence-corrected chi connectivity index (χ3v) is 4.46. The van der Waals surface area contributed by atoms with Gasteiger partial charge in [-0.05, 0) is 35.9 Å². The second kappa shape index (κ2) is 7.97. The average Bonchev–Trinajstić information content (AvgIpc) is 2.65. The van der Waals surface area contributed by atoms with Crippen molar-refractivity contribution in [2.45, 2.75) is 31.7 Å². The van der Waals surface area contributed by atoms with E-state index < -0.39 is 35.4 Å². The third-order valence-electron chi connectivity index (χ3n) is 4.46. The number of benzene rings is 2. The van der Waals surface area contributed by atoms with Gasteiger partial charge in [0.1, 0.15) is 0 Å². The van der Waals surface area contributed by atoms with E-state index >= 15 is 0 Å². The van der Waals surface area contributed by atoms with Gasteiger partial charge in [0.2, 0.25) is 5.91 Å². The first-order chi connectivity index (χ1) is 13.9. The molecule has 0 saturated carbocycles. The lowest BCUT2D eigenvalue weighted by Gasteiger charge is -2.21. The van der Waals surface area contributed by atoms with Gasteiger partial charge in [-0.2, -0.15) is 26.3 Å². The number of fused-ring (bicyclic) bond motifs is 1. The molecule has 0 bridgehead atoms. The van der Waals surface area contributed by atoms with Crippen molar-refractivity contribution in [3.63, 3.8) is 0 Å². The lowest BCUT2D eigenvalue weighted by molar-refractivity contribution is -0.143. The van der Waals surface area contributed by atoms with Gasteiger partial charge in [-0.1, -0.05) is 24.3 Å². The first kappa shape index (κ1) is 21.6. The predicted molar refractivity (Wildman–Crippen MR) is 98.5 cm³/mol. The van der Waals surface area contributed by atoms with Crippen LogP contribution in [0.1, 0.15) is 35.3 Å². The van der Waals surface area contributed by atoms with Gasteiger partial charge < -0.3 is 5.32 Å². The Balaban J connectivity index is 2.06. The molecular formula is C21H16F6N2O. The number of hydrogen-bond donors (Lipinski definition) is 1. The van der Waals surface area contributed by atoms with Crippen LogP contribution in [0.3, 0.4) is 0 Å². The van der Waals surface area contributed by atoms with Gasteiger partial charge in [-0.25, -0.2) is 0 Å². The van der Waals surface area contributed by atoms with Crippen molar-refractivity contribution in [2.75, 3.05) is 0 Å². The minimum atomic E-state index is -4.97. The van der Waals surface area contributed by atoms with Crippen LogP contribution in [0.4, 0.5) is 26.3 Å². The summed E-state index contributed by atoms with van der Waals surface area (Å²) in [5, 5.41) is 3.27. The van der Waals surface area contributed by atoms with Crippen LogP contribution in [0.15, 0.2) is 54.6 Å². The maximum absolute atomic E-state index is 13.2. The summed E-state index contributed by atoms with van der Waals surface area (Å²) >= 11 is 0. The molecule has 1 N–H and O–H groups in total. The summed E-state index contributed by atoms with van der Waals surface area (Å²) < 4.78 is 79.2. The molecule has 30 heavy (non-hydrogen) atoms. The standard InChI is InChI=1S/C21H16F6N2O/c1-12(30)28-19(11-17-7-6-13-4-2-3-5-18(13)29-17)14-8-15(20(22,23)24)10-16(9-14)21(25,26)27/h2-10,19H,11H2,1H3,(H,28,30). The van der Waals surface area contributed by atoms with E-state index in [1.807, 2.05) is 12.1 Å². The van der Waals surface area contributed by atoms with E-state index in [0.717, 1.165) is 12.3 Å². The molecule has 3 aromatic rings. The highest BCUT2D eigenvalue weighted by Crippen LogP contribution is 2.38. The van der Waals surface area contributed by atoms with Crippen LogP contribution < -0.4 is 5.32 Å². The molecule has 158 valence electrons. The Morgan fingerprint density at radius 3 is 2.10 bits per heavy atom. The number of carbonyl (C=O) groups is 1. The van der Waals surface area contributed by atoms with Crippen LogP contribution >= 0.6 is 0 Å². The fourth-order valence-electron chi connectivity index (χ4n) is 3.11. The maximum Gasteiger partial charge on any atom is 0.416 e. The highest BCUT2D eigenvalue weighted by molar-refractivity contribution is 5.78. The number of nitrogens with zero attached hydrogens (tertiary/aromatic N) is 1. The zero-order valence-electron chi connectivity index (χ0n) is 15.6. The molecular weight excluding hydrogens is 410 g/mol. The molecule has 0 aliphatic carbocycles. The van der Waals surface area contributed by atoms with Crippen molar-refractivity contribution in [3.05, 3.63) is 77.0 Å². The molecule has 2 aromatic carbocycles. The second-order valence-electron chi connectivity index (χ2n) is 6.79. The van der Waals surface area contributed by atoms with Gasteiger partial charge in [-0.15, -0.1) is 0 Å². The Labute approximate surface area is 167 Å². The molecule has 1 amide bonds. The summed E-state index contributed by atoms with van der Waals surface area (Å²) in [6, 6.07) is 10.7. The molecule has 1 aromatic heterocycles. The van der Waals surface area contributed by atoms with Crippen LogP contribution in [-0.4, -0.2) is 10.9 Å². The maximum atomic E-state index is 13.2. The molecule has 0 radical (unpaired) electrons. The number of carbonyl (C=O) groups excluding carboxylic acids is 1. The van der Waals surface area contributed by atoms with Gasteiger partial charge >= 0.3 is 12.4 Å². The van der Waals surface area contributed by atoms with Crippen LogP contribution in [0, 0.1) is 0 Å². The molecule has 1 unspecified atom stereocenters. The number of pyridine rings is 1. The van der Waals surface area contributed by atoms with Crippen LogP contribution in [0.2, 0.25) is 0 Å². The summed E-state index contributed by atoms with van der Waals surface area (Å²) in [5.74, 6) is -0.591. The zero-order chi connectivity index (χ0) is 22.1. The number of halogens is 6. The number of para-hydroxylation sites is 1. The molecule has 0 saturated heterocycles. The van der Waals surface area contributed by atoms with Crippen molar-refractivity contribution in [2.24, 2.45) is 0 Å². The predicted octanol–water partition coefficient (Wildman–Crippen LogP) is 5.69. The topological polar surface area (TPSA) is 42.0 Å². The molecule has 1 atom stereocenters. The Kier molecular flexibility index (Phi) is 5.74. The van der Waals surface area contributed by atoms with Crippen molar-refractivity contribution in [1.29, 1.82) is 0 Å². The monoisotopic (exact) mass is 426 g/mol. The summed E-state index contributed by atoms with van der Waals surface area (Å²) in [7, 11) is 0. The largest absolute Gasteiger partial charge is 0.416 e. The van der Waals surface area contributed by atoms with E-state index in [1.54, 1.807) is 24.3 Å². The lowest BCUT2D eigenvalue weighted by atomic mass is 9.96. The van der Waals surface area contributed by atoms with E-state index in [0.29, 0.717) is 23.3 Å². The van der Waals surface area contributed by atoms with E-state index in [1.165, 1.54) is 0 Å². The number of amides is 1. The number of alkyl halides is 6. The van der Waals surface area contributed by atoms with Crippen molar-refractivity contribution in [3.8, 4) is 0 Å². The lowest BCUT2D eigenvalue weighted by Crippen LogP contribution is -2.28. The summed E-state index contributed by atoms with van der Waals surface area (Å²) in [6.45, 7) is 1.14. The number of rotatable bonds is 4. The smallest absolute Gasteiger partial charge is 0.349 e. The minimum Gasteiger partial charge on any atom is -0.349 e.